The number of hydrogen-bond acceptors (Lipinski definition) is 2. The molecule has 1 aromatic carbocycles. The molecule has 0 aliphatic heterocycles. The zero-order valence-electron chi connectivity index (χ0n) is 12.2. The maximum absolute atomic E-state index is 6.14. The number of rotatable bonds is 7. The molecule has 1 aliphatic carbocycles. The first-order valence-electron chi connectivity index (χ1n) is 7.68. The summed E-state index contributed by atoms with van der Waals surface area (Å²) in [5, 5.41) is 0. The minimum Gasteiger partial charge on any atom is -0.381 e. The molecule has 2 nitrogen and oxygen atoms in total. The van der Waals surface area contributed by atoms with E-state index in [0.717, 1.165) is 32.6 Å². The molecule has 1 atom stereocenters. The van der Waals surface area contributed by atoms with E-state index in [1.807, 2.05) is 0 Å². The van der Waals surface area contributed by atoms with E-state index in [2.05, 4.69) is 31.2 Å². The number of ether oxygens (including phenoxy) is 1. The predicted octanol–water partition coefficient (Wildman–Crippen LogP) is 3.43. The van der Waals surface area contributed by atoms with Crippen LogP contribution in [-0.2, 0) is 16.6 Å². The number of hydrogen-bond donors (Lipinski definition) is 1. The van der Waals surface area contributed by atoms with Crippen molar-refractivity contribution in [2.24, 2.45) is 5.73 Å². The second-order valence-electron chi connectivity index (χ2n) is 5.71. The lowest BCUT2D eigenvalue weighted by molar-refractivity contribution is 0.108. The standard InChI is InChI=1S/C17H27NO/c1-2-3-12-19-13-11-17(14-18)10-6-8-15-7-4-5-9-16(15)17/h4-5,7,9H,2-3,6,8,10-14,18H2,1H3. The largest absolute Gasteiger partial charge is 0.381 e. The SMILES string of the molecule is CCCCOCCC1(CN)CCCc2ccccc21. The molecule has 0 aromatic heterocycles. The van der Waals surface area contributed by atoms with E-state index in [9.17, 15) is 0 Å². The molecular weight excluding hydrogens is 234 g/mol. The van der Waals surface area contributed by atoms with Crippen molar-refractivity contribution in [3.63, 3.8) is 0 Å². The van der Waals surface area contributed by atoms with Gasteiger partial charge in [0.15, 0.2) is 0 Å². The molecule has 2 heteroatoms. The minimum absolute atomic E-state index is 0.154. The zero-order chi connectivity index (χ0) is 13.6. The van der Waals surface area contributed by atoms with Gasteiger partial charge in [-0.25, -0.2) is 0 Å². The van der Waals surface area contributed by atoms with Crippen LogP contribution in [0.4, 0.5) is 0 Å². The van der Waals surface area contributed by atoms with Gasteiger partial charge in [-0.2, -0.15) is 0 Å². The molecule has 0 radical (unpaired) electrons. The lowest BCUT2D eigenvalue weighted by atomic mass is 9.68. The van der Waals surface area contributed by atoms with E-state index in [-0.39, 0.29) is 5.41 Å². The Balaban J connectivity index is 2.02. The monoisotopic (exact) mass is 261 g/mol. The van der Waals surface area contributed by atoms with Gasteiger partial charge < -0.3 is 10.5 Å². The van der Waals surface area contributed by atoms with Crippen LogP contribution in [0.2, 0.25) is 0 Å². The molecule has 2 rings (SSSR count). The topological polar surface area (TPSA) is 35.2 Å². The molecule has 0 heterocycles. The molecule has 0 bridgehead atoms. The van der Waals surface area contributed by atoms with Crippen LogP contribution < -0.4 is 5.73 Å². The van der Waals surface area contributed by atoms with Gasteiger partial charge in [-0.15, -0.1) is 0 Å². The smallest absolute Gasteiger partial charge is 0.0475 e. The summed E-state index contributed by atoms with van der Waals surface area (Å²) in [5.41, 5.74) is 9.26. The number of aryl methyl sites for hydroxylation is 1. The lowest BCUT2D eigenvalue weighted by Gasteiger charge is -2.38. The molecule has 0 saturated heterocycles. The highest BCUT2D eigenvalue weighted by Gasteiger charge is 2.34. The molecule has 0 saturated carbocycles. The van der Waals surface area contributed by atoms with Crippen molar-refractivity contribution in [3.8, 4) is 0 Å². The Kier molecular flexibility index (Phi) is 5.41. The molecule has 19 heavy (non-hydrogen) atoms. The van der Waals surface area contributed by atoms with Gasteiger partial charge >= 0.3 is 0 Å². The normalized spacial score (nSPS) is 22.2. The highest BCUT2D eigenvalue weighted by atomic mass is 16.5. The van der Waals surface area contributed by atoms with E-state index < -0.39 is 0 Å². The van der Waals surface area contributed by atoms with Crippen molar-refractivity contribution in [1.82, 2.24) is 0 Å². The first-order valence-corrected chi connectivity index (χ1v) is 7.68. The van der Waals surface area contributed by atoms with Crippen LogP contribution in [0.3, 0.4) is 0 Å². The van der Waals surface area contributed by atoms with Gasteiger partial charge in [-0.05, 0) is 43.2 Å². The van der Waals surface area contributed by atoms with Crippen LogP contribution in [0, 0.1) is 0 Å². The van der Waals surface area contributed by atoms with E-state index >= 15 is 0 Å². The maximum Gasteiger partial charge on any atom is 0.0475 e. The number of nitrogens with two attached hydrogens (primary N) is 1. The fourth-order valence-corrected chi connectivity index (χ4v) is 3.20. The average Bonchev–Trinajstić information content (AvgIpc) is 2.47. The summed E-state index contributed by atoms with van der Waals surface area (Å²) in [6.45, 7) is 4.66. The first kappa shape index (κ1) is 14.5. The van der Waals surface area contributed by atoms with E-state index in [4.69, 9.17) is 10.5 Å². The van der Waals surface area contributed by atoms with Gasteiger partial charge in [0.2, 0.25) is 0 Å². The Bertz CT molecular complexity index is 391. The van der Waals surface area contributed by atoms with Gasteiger partial charge in [-0.1, -0.05) is 37.6 Å². The number of unbranched alkanes of at least 4 members (excludes halogenated alkanes) is 1. The van der Waals surface area contributed by atoms with Crippen molar-refractivity contribution >= 4 is 0 Å². The number of fused-ring (bicyclic) bond motifs is 1. The average molecular weight is 261 g/mol. The van der Waals surface area contributed by atoms with Gasteiger partial charge in [0.25, 0.3) is 0 Å². The fraction of sp³-hybridized carbons (Fsp3) is 0.647. The third-order valence-corrected chi connectivity index (χ3v) is 4.45. The second kappa shape index (κ2) is 7.06. The lowest BCUT2D eigenvalue weighted by Crippen LogP contribution is -2.39. The van der Waals surface area contributed by atoms with Gasteiger partial charge in [0.1, 0.15) is 0 Å². The third-order valence-electron chi connectivity index (χ3n) is 4.45. The highest BCUT2D eigenvalue weighted by Crippen LogP contribution is 2.39. The van der Waals surface area contributed by atoms with Gasteiger partial charge in [0, 0.05) is 25.2 Å². The molecule has 1 aliphatic rings. The highest BCUT2D eigenvalue weighted by molar-refractivity contribution is 5.37. The van der Waals surface area contributed by atoms with Crippen molar-refractivity contribution in [1.29, 1.82) is 0 Å². The molecular formula is C17H27NO. The number of benzene rings is 1. The van der Waals surface area contributed by atoms with Crippen molar-refractivity contribution in [2.45, 2.75) is 50.9 Å². The Morgan fingerprint density at radius 1 is 1.26 bits per heavy atom. The van der Waals surface area contributed by atoms with Crippen molar-refractivity contribution < 1.29 is 4.74 Å². The van der Waals surface area contributed by atoms with Crippen molar-refractivity contribution in [3.05, 3.63) is 35.4 Å². The zero-order valence-corrected chi connectivity index (χ0v) is 12.2. The van der Waals surface area contributed by atoms with Crippen LogP contribution in [0.1, 0.15) is 50.2 Å². The van der Waals surface area contributed by atoms with Crippen LogP contribution in [0.25, 0.3) is 0 Å². The predicted molar refractivity (Wildman–Crippen MR) is 80.5 cm³/mol. The van der Waals surface area contributed by atoms with E-state index in [1.54, 1.807) is 0 Å². The molecule has 106 valence electrons. The van der Waals surface area contributed by atoms with E-state index in [1.165, 1.54) is 36.8 Å². The van der Waals surface area contributed by atoms with Crippen LogP contribution in [-0.4, -0.2) is 19.8 Å². The fourth-order valence-electron chi connectivity index (χ4n) is 3.20. The summed E-state index contributed by atoms with van der Waals surface area (Å²) in [4.78, 5) is 0. The Labute approximate surface area is 117 Å². The Hall–Kier alpha value is -0.860. The summed E-state index contributed by atoms with van der Waals surface area (Å²) >= 11 is 0. The van der Waals surface area contributed by atoms with Crippen LogP contribution in [0.15, 0.2) is 24.3 Å². The first-order chi connectivity index (χ1) is 9.32. The third kappa shape index (κ3) is 3.37. The van der Waals surface area contributed by atoms with Gasteiger partial charge in [0.05, 0.1) is 0 Å². The molecule has 0 fully saturated rings. The molecule has 0 spiro atoms. The quantitative estimate of drug-likeness (QED) is 0.763. The molecule has 2 N–H and O–H groups in total. The summed E-state index contributed by atoms with van der Waals surface area (Å²) in [5.74, 6) is 0. The summed E-state index contributed by atoms with van der Waals surface area (Å²) in [6, 6.07) is 8.82. The summed E-state index contributed by atoms with van der Waals surface area (Å²) in [7, 11) is 0. The van der Waals surface area contributed by atoms with Crippen LogP contribution in [0.5, 0.6) is 0 Å². The summed E-state index contributed by atoms with van der Waals surface area (Å²) < 4.78 is 5.76. The Morgan fingerprint density at radius 3 is 2.89 bits per heavy atom. The van der Waals surface area contributed by atoms with Crippen LogP contribution >= 0.6 is 0 Å². The molecule has 1 aromatic rings. The van der Waals surface area contributed by atoms with Crippen molar-refractivity contribution in [2.75, 3.05) is 19.8 Å². The molecule has 0 amide bonds. The minimum atomic E-state index is 0.154. The maximum atomic E-state index is 6.14. The Morgan fingerprint density at radius 2 is 2.11 bits per heavy atom. The second-order valence-corrected chi connectivity index (χ2v) is 5.71. The summed E-state index contributed by atoms with van der Waals surface area (Å²) in [6.07, 6.45) is 7.08. The molecule has 1 unspecified atom stereocenters. The van der Waals surface area contributed by atoms with E-state index in [0.29, 0.717) is 0 Å². The van der Waals surface area contributed by atoms with Gasteiger partial charge in [-0.3, -0.25) is 0 Å².